The molecule has 5 nitrogen and oxygen atoms in total. The van der Waals surface area contributed by atoms with Crippen LogP contribution in [0.5, 0.6) is 5.75 Å². The van der Waals surface area contributed by atoms with Gasteiger partial charge in [-0.3, -0.25) is 4.99 Å². The van der Waals surface area contributed by atoms with Gasteiger partial charge < -0.3 is 20.3 Å². The highest BCUT2D eigenvalue weighted by Gasteiger charge is 2.27. The lowest BCUT2D eigenvalue weighted by Gasteiger charge is -2.36. The summed E-state index contributed by atoms with van der Waals surface area (Å²) in [7, 11) is 3.54. The highest BCUT2D eigenvalue weighted by Crippen LogP contribution is 2.26. The summed E-state index contributed by atoms with van der Waals surface area (Å²) in [5, 5.41) is 7.02. The number of ether oxygens (including phenoxy) is 1. The van der Waals surface area contributed by atoms with E-state index in [4.69, 9.17) is 4.74 Å². The van der Waals surface area contributed by atoms with E-state index in [0.717, 1.165) is 27.8 Å². The molecule has 0 atom stereocenters. The third kappa shape index (κ3) is 5.13. The zero-order valence-corrected chi connectivity index (χ0v) is 17.5. The van der Waals surface area contributed by atoms with Gasteiger partial charge >= 0.3 is 0 Å². The Morgan fingerprint density at radius 1 is 1.23 bits per heavy atom. The smallest absolute Gasteiger partial charge is 0.191 e. The minimum Gasteiger partial charge on any atom is -0.496 e. The number of rotatable bonds is 5. The largest absolute Gasteiger partial charge is 0.496 e. The Morgan fingerprint density at radius 3 is 2.62 bits per heavy atom. The van der Waals surface area contributed by atoms with E-state index in [0.29, 0.717) is 12.6 Å². The van der Waals surface area contributed by atoms with Crippen LogP contribution < -0.4 is 15.4 Å². The van der Waals surface area contributed by atoms with Gasteiger partial charge in [0.2, 0.25) is 0 Å². The Kier molecular flexibility index (Phi) is 7.20. The molecule has 0 spiro atoms. The van der Waals surface area contributed by atoms with Crippen molar-refractivity contribution in [2.75, 3.05) is 27.2 Å². The monoisotopic (exact) mass is 422 g/mol. The number of methoxy groups -OCH3 is 1. The molecule has 144 valence electrons. The van der Waals surface area contributed by atoms with Crippen LogP contribution in [0.3, 0.4) is 0 Å². The summed E-state index contributed by atoms with van der Waals surface area (Å²) >= 11 is 3.53. The molecule has 0 radical (unpaired) electrons. The summed E-state index contributed by atoms with van der Waals surface area (Å²) in [5.74, 6) is 1.76. The Balaban J connectivity index is 1.47. The van der Waals surface area contributed by atoms with E-state index in [2.05, 4.69) is 42.5 Å². The average Bonchev–Trinajstić information content (AvgIpc) is 3.20. The number of halogens is 1. The summed E-state index contributed by atoms with van der Waals surface area (Å²) in [6.45, 7) is 3.10. The van der Waals surface area contributed by atoms with Gasteiger partial charge in [-0.1, -0.05) is 28.8 Å². The van der Waals surface area contributed by atoms with Gasteiger partial charge in [-0.15, -0.1) is 0 Å². The fourth-order valence-electron chi connectivity index (χ4n) is 4.13. The fourth-order valence-corrected chi connectivity index (χ4v) is 4.54. The van der Waals surface area contributed by atoms with E-state index in [1.165, 1.54) is 51.6 Å². The Bertz CT molecular complexity index is 608. The van der Waals surface area contributed by atoms with E-state index in [1.807, 2.05) is 19.2 Å². The second-order valence-corrected chi connectivity index (χ2v) is 8.19. The first-order chi connectivity index (χ1) is 12.7. The van der Waals surface area contributed by atoms with Gasteiger partial charge in [-0.25, -0.2) is 0 Å². The van der Waals surface area contributed by atoms with Crippen LogP contribution in [0.25, 0.3) is 0 Å². The van der Waals surface area contributed by atoms with Crippen molar-refractivity contribution in [2.24, 2.45) is 4.99 Å². The standard InChI is InChI=1S/C20H31BrN4O/c1-22-20(23-14-15-13-16(21)7-8-19(15)26-2)24-17-9-11-25(12-10-17)18-5-3-4-6-18/h7-8,13,17-18H,3-6,9-12,14H2,1-2H3,(H2,22,23,24). The van der Waals surface area contributed by atoms with Gasteiger partial charge in [0.15, 0.2) is 5.96 Å². The molecular weight excluding hydrogens is 392 g/mol. The number of benzene rings is 1. The molecule has 1 aliphatic carbocycles. The predicted molar refractivity (Wildman–Crippen MR) is 111 cm³/mol. The van der Waals surface area contributed by atoms with Crippen LogP contribution >= 0.6 is 15.9 Å². The maximum Gasteiger partial charge on any atom is 0.191 e. The molecule has 2 aliphatic rings. The summed E-state index contributed by atoms with van der Waals surface area (Å²) < 4.78 is 6.50. The van der Waals surface area contributed by atoms with Crippen LogP contribution in [0, 0.1) is 0 Å². The van der Waals surface area contributed by atoms with Crippen molar-refractivity contribution in [1.82, 2.24) is 15.5 Å². The van der Waals surface area contributed by atoms with Crippen molar-refractivity contribution in [2.45, 2.75) is 57.2 Å². The number of hydrogen-bond acceptors (Lipinski definition) is 3. The Hall–Kier alpha value is -1.27. The van der Waals surface area contributed by atoms with Gasteiger partial charge in [0, 0.05) is 48.8 Å². The SMILES string of the molecule is CN=C(NCc1cc(Br)ccc1OC)NC1CCN(C2CCCC2)CC1. The molecule has 3 rings (SSSR count). The fraction of sp³-hybridized carbons (Fsp3) is 0.650. The van der Waals surface area contributed by atoms with Crippen molar-refractivity contribution < 1.29 is 4.74 Å². The maximum absolute atomic E-state index is 5.45. The number of nitrogens with one attached hydrogen (secondary N) is 2. The van der Waals surface area contributed by atoms with Gasteiger partial charge in [0.1, 0.15) is 5.75 Å². The molecule has 0 unspecified atom stereocenters. The Morgan fingerprint density at radius 2 is 1.96 bits per heavy atom. The minimum atomic E-state index is 0.503. The van der Waals surface area contributed by atoms with Crippen LogP contribution in [0.15, 0.2) is 27.7 Å². The molecular formula is C20H31BrN4O. The molecule has 1 saturated heterocycles. The summed E-state index contributed by atoms with van der Waals surface area (Å²) in [4.78, 5) is 7.10. The van der Waals surface area contributed by atoms with Crippen molar-refractivity contribution in [3.05, 3.63) is 28.2 Å². The molecule has 0 amide bonds. The third-order valence-electron chi connectivity index (χ3n) is 5.62. The molecule has 1 aliphatic heterocycles. The highest BCUT2D eigenvalue weighted by molar-refractivity contribution is 9.10. The summed E-state index contributed by atoms with van der Waals surface area (Å²) in [5.41, 5.74) is 1.11. The van der Waals surface area contributed by atoms with Gasteiger partial charge in [0.05, 0.1) is 7.11 Å². The lowest BCUT2D eigenvalue weighted by Crippen LogP contribution is -2.50. The predicted octanol–water partition coefficient (Wildman–Crippen LogP) is 3.53. The number of hydrogen-bond donors (Lipinski definition) is 2. The molecule has 1 saturated carbocycles. The molecule has 1 aromatic rings. The lowest BCUT2D eigenvalue weighted by atomic mass is 10.0. The summed E-state index contributed by atoms with van der Waals surface area (Å²) in [6, 6.07) is 7.41. The number of piperidine rings is 1. The highest BCUT2D eigenvalue weighted by atomic mass is 79.9. The molecule has 26 heavy (non-hydrogen) atoms. The van der Waals surface area contributed by atoms with Gasteiger partial charge in [0.25, 0.3) is 0 Å². The van der Waals surface area contributed by atoms with E-state index in [-0.39, 0.29) is 0 Å². The second kappa shape index (κ2) is 9.60. The average molecular weight is 423 g/mol. The first kappa shape index (κ1) is 19.5. The number of aliphatic imine (C=N–C) groups is 1. The lowest BCUT2D eigenvalue weighted by molar-refractivity contribution is 0.150. The van der Waals surface area contributed by atoms with E-state index in [1.54, 1.807) is 7.11 Å². The quantitative estimate of drug-likeness (QED) is 0.562. The third-order valence-corrected chi connectivity index (χ3v) is 6.12. The minimum absolute atomic E-state index is 0.503. The van der Waals surface area contributed by atoms with Crippen LogP contribution in [-0.2, 0) is 6.54 Å². The normalized spacial score (nSPS) is 20.3. The van der Waals surface area contributed by atoms with Crippen molar-refractivity contribution in [1.29, 1.82) is 0 Å². The Labute approximate surface area is 165 Å². The zero-order valence-electron chi connectivity index (χ0n) is 15.9. The van der Waals surface area contributed by atoms with Gasteiger partial charge in [-0.2, -0.15) is 0 Å². The van der Waals surface area contributed by atoms with E-state index in [9.17, 15) is 0 Å². The molecule has 6 heteroatoms. The molecule has 0 bridgehead atoms. The first-order valence-corrected chi connectivity index (χ1v) is 10.5. The van der Waals surface area contributed by atoms with E-state index >= 15 is 0 Å². The van der Waals surface area contributed by atoms with Crippen LogP contribution in [0.1, 0.15) is 44.1 Å². The van der Waals surface area contributed by atoms with E-state index < -0.39 is 0 Å². The first-order valence-electron chi connectivity index (χ1n) is 9.73. The van der Waals surface area contributed by atoms with Crippen LogP contribution in [-0.4, -0.2) is 50.2 Å². The van der Waals surface area contributed by atoms with Crippen molar-refractivity contribution >= 4 is 21.9 Å². The number of nitrogens with zero attached hydrogens (tertiary/aromatic N) is 2. The number of likely N-dealkylation sites (tertiary alicyclic amines) is 1. The molecule has 2 N–H and O–H groups in total. The molecule has 1 heterocycles. The topological polar surface area (TPSA) is 48.9 Å². The van der Waals surface area contributed by atoms with Crippen molar-refractivity contribution in [3.63, 3.8) is 0 Å². The summed E-state index contributed by atoms with van der Waals surface area (Å²) in [6.07, 6.45) is 8.01. The maximum atomic E-state index is 5.45. The van der Waals surface area contributed by atoms with Crippen molar-refractivity contribution in [3.8, 4) is 5.75 Å². The number of guanidine groups is 1. The molecule has 2 fully saturated rings. The van der Waals surface area contributed by atoms with Gasteiger partial charge in [-0.05, 0) is 43.9 Å². The van der Waals surface area contributed by atoms with Crippen LogP contribution in [0.4, 0.5) is 0 Å². The zero-order chi connectivity index (χ0) is 18.4. The van der Waals surface area contributed by atoms with Crippen LogP contribution in [0.2, 0.25) is 0 Å². The second-order valence-electron chi connectivity index (χ2n) is 7.27. The molecule has 0 aromatic heterocycles. The molecule has 1 aromatic carbocycles.